The predicted octanol–water partition coefficient (Wildman–Crippen LogP) is 4.90. The summed E-state index contributed by atoms with van der Waals surface area (Å²) in [6.45, 7) is 0.844. The van der Waals surface area contributed by atoms with Crippen molar-refractivity contribution in [1.82, 2.24) is 15.2 Å². The van der Waals surface area contributed by atoms with Crippen LogP contribution >= 0.6 is 11.8 Å². The highest BCUT2D eigenvalue weighted by Gasteiger charge is 2.17. The Morgan fingerprint density at radius 2 is 1.57 bits per heavy atom. The summed E-state index contributed by atoms with van der Waals surface area (Å²) in [5, 5.41) is 6.33. The number of nitrogens with zero attached hydrogens (tertiary/aromatic N) is 1. The molecule has 0 aliphatic rings. The van der Waals surface area contributed by atoms with E-state index in [0.717, 1.165) is 33.5 Å². The average molecular weight is 498 g/mol. The third-order valence-corrected chi connectivity index (χ3v) is 6.38. The molecule has 3 aromatic carbocycles. The smallest absolute Gasteiger partial charge is 0.257 e. The predicted molar refractivity (Wildman–Crippen MR) is 130 cm³/mol. The van der Waals surface area contributed by atoms with Gasteiger partial charge in [-0.25, -0.2) is 13.2 Å². The highest BCUT2D eigenvalue weighted by atomic mass is 32.2. The molecule has 180 valence electrons. The maximum absolute atomic E-state index is 13.8. The van der Waals surface area contributed by atoms with Crippen LogP contribution in [0.25, 0.3) is 10.9 Å². The molecule has 0 unspecified atom stereocenters. The van der Waals surface area contributed by atoms with Crippen molar-refractivity contribution in [3.63, 3.8) is 0 Å². The Kier molecular flexibility index (Phi) is 7.77. The number of benzene rings is 3. The first-order valence-electron chi connectivity index (χ1n) is 10.9. The van der Waals surface area contributed by atoms with E-state index in [1.807, 2.05) is 35.0 Å². The fourth-order valence-electron chi connectivity index (χ4n) is 3.60. The normalized spacial score (nSPS) is 10.9. The van der Waals surface area contributed by atoms with Crippen molar-refractivity contribution in [1.29, 1.82) is 0 Å². The van der Waals surface area contributed by atoms with Crippen LogP contribution in [0.1, 0.15) is 15.9 Å². The molecular formula is C26H22F3N3O2S. The first kappa shape index (κ1) is 24.4. The minimum atomic E-state index is -0.912. The molecule has 0 aliphatic heterocycles. The van der Waals surface area contributed by atoms with Crippen LogP contribution in [0.4, 0.5) is 13.2 Å². The number of thioether (sulfide) groups is 1. The van der Waals surface area contributed by atoms with E-state index in [-0.39, 0.29) is 24.0 Å². The van der Waals surface area contributed by atoms with Crippen molar-refractivity contribution in [2.45, 2.75) is 18.0 Å². The summed E-state index contributed by atoms with van der Waals surface area (Å²) in [4.78, 5) is 25.4. The third kappa shape index (κ3) is 6.05. The lowest BCUT2D eigenvalue weighted by atomic mass is 10.2. The standard InChI is InChI=1S/C26H22F3N3O2S/c27-18-10-8-17(9-11-18)14-31-24(33)16-35-23-15-32(22-7-2-1-4-19(22)23)13-12-30-26(34)25-20(28)5-3-6-21(25)29/h1-11,15H,12-14,16H2,(H,30,34)(H,31,33). The SMILES string of the molecule is O=C(CSc1cn(CCNC(=O)c2c(F)cccc2F)c2ccccc12)NCc1ccc(F)cc1. The Bertz CT molecular complexity index is 1340. The molecule has 0 aliphatic carbocycles. The molecule has 0 spiro atoms. The molecule has 0 atom stereocenters. The molecule has 1 aromatic heterocycles. The van der Waals surface area contributed by atoms with Crippen molar-refractivity contribution >= 4 is 34.5 Å². The van der Waals surface area contributed by atoms with Crippen LogP contribution < -0.4 is 10.6 Å². The first-order valence-corrected chi connectivity index (χ1v) is 11.8. The lowest BCUT2D eigenvalue weighted by Crippen LogP contribution is -2.28. The van der Waals surface area contributed by atoms with Crippen molar-refractivity contribution in [2.75, 3.05) is 12.3 Å². The number of para-hydroxylation sites is 1. The number of fused-ring (bicyclic) bond motifs is 1. The number of nitrogens with one attached hydrogen (secondary N) is 2. The van der Waals surface area contributed by atoms with E-state index in [4.69, 9.17) is 0 Å². The van der Waals surface area contributed by atoms with Gasteiger partial charge in [-0.05, 0) is 35.9 Å². The van der Waals surface area contributed by atoms with Crippen molar-refractivity contribution in [3.05, 3.63) is 102 Å². The minimum Gasteiger partial charge on any atom is -0.351 e. The molecule has 4 aromatic rings. The molecule has 5 nitrogen and oxygen atoms in total. The van der Waals surface area contributed by atoms with Gasteiger partial charge in [0.15, 0.2) is 0 Å². The summed E-state index contributed by atoms with van der Waals surface area (Å²) < 4.78 is 42.6. The van der Waals surface area contributed by atoms with Crippen LogP contribution in [0.3, 0.4) is 0 Å². The summed E-state index contributed by atoms with van der Waals surface area (Å²) in [6.07, 6.45) is 1.89. The van der Waals surface area contributed by atoms with Crippen molar-refractivity contribution in [3.8, 4) is 0 Å². The quantitative estimate of drug-likeness (QED) is 0.324. The molecule has 0 saturated heterocycles. The number of carbonyl (C=O) groups excluding carboxylic acids is 2. The maximum atomic E-state index is 13.8. The summed E-state index contributed by atoms with van der Waals surface area (Å²) >= 11 is 1.38. The van der Waals surface area contributed by atoms with Gasteiger partial charge in [0.1, 0.15) is 23.0 Å². The Labute approximate surface area is 204 Å². The molecule has 0 radical (unpaired) electrons. The number of hydrogen-bond donors (Lipinski definition) is 2. The van der Waals surface area contributed by atoms with E-state index < -0.39 is 23.1 Å². The molecule has 0 bridgehead atoms. The van der Waals surface area contributed by atoms with Crippen LogP contribution in [0, 0.1) is 17.5 Å². The van der Waals surface area contributed by atoms with Gasteiger partial charge in [-0.3, -0.25) is 9.59 Å². The van der Waals surface area contributed by atoms with E-state index in [1.54, 1.807) is 12.1 Å². The molecule has 35 heavy (non-hydrogen) atoms. The van der Waals surface area contributed by atoms with Crippen molar-refractivity contribution < 1.29 is 22.8 Å². The molecule has 1 heterocycles. The zero-order valence-corrected chi connectivity index (χ0v) is 19.4. The highest BCUT2D eigenvalue weighted by molar-refractivity contribution is 8.00. The summed E-state index contributed by atoms with van der Waals surface area (Å²) in [5.41, 5.74) is 1.11. The molecule has 9 heteroatoms. The van der Waals surface area contributed by atoms with Crippen LogP contribution in [0.2, 0.25) is 0 Å². The summed E-state index contributed by atoms with van der Waals surface area (Å²) in [6, 6.07) is 16.9. The number of rotatable bonds is 9. The van der Waals surface area contributed by atoms with Gasteiger partial charge in [-0.2, -0.15) is 0 Å². The van der Waals surface area contributed by atoms with E-state index in [9.17, 15) is 22.8 Å². The van der Waals surface area contributed by atoms with Gasteiger partial charge in [-0.1, -0.05) is 36.4 Å². The van der Waals surface area contributed by atoms with Gasteiger partial charge in [0.25, 0.3) is 5.91 Å². The number of amides is 2. The number of aromatic nitrogens is 1. The van der Waals surface area contributed by atoms with E-state index in [2.05, 4.69) is 10.6 Å². The zero-order chi connectivity index (χ0) is 24.8. The topological polar surface area (TPSA) is 63.1 Å². The molecule has 4 rings (SSSR count). The maximum Gasteiger partial charge on any atom is 0.257 e. The summed E-state index contributed by atoms with van der Waals surface area (Å²) in [5.74, 6) is -2.93. The van der Waals surface area contributed by atoms with Gasteiger partial charge >= 0.3 is 0 Å². The lowest BCUT2D eigenvalue weighted by Gasteiger charge is -2.09. The van der Waals surface area contributed by atoms with Crippen LogP contribution in [0.5, 0.6) is 0 Å². The van der Waals surface area contributed by atoms with Gasteiger partial charge in [0, 0.05) is 41.6 Å². The zero-order valence-electron chi connectivity index (χ0n) is 18.6. The number of carbonyl (C=O) groups is 2. The second kappa shape index (κ2) is 11.1. The lowest BCUT2D eigenvalue weighted by molar-refractivity contribution is -0.118. The molecule has 0 saturated carbocycles. The Morgan fingerprint density at radius 3 is 2.31 bits per heavy atom. The number of halogens is 3. The van der Waals surface area contributed by atoms with Gasteiger partial charge in [0.2, 0.25) is 5.91 Å². The molecular weight excluding hydrogens is 475 g/mol. The Morgan fingerprint density at radius 1 is 0.857 bits per heavy atom. The largest absolute Gasteiger partial charge is 0.351 e. The second-order valence-electron chi connectivity index (χ2n) is 7.75. The van der Waals surface area contributed by atoms with Crippen LogP contribution in [-0.4, -0.2) is 28.7 Å². The fourth-order valence-corrected chi connectivity index (χ4v) is 4.52. The number of hydrogen-bond acceptors (Lipinski definition) is 3. The molecule has 2 N–H and O–H groups in total. The van der Waals surface area contributed by atoms with Crippen LogP contribution in [-0.2, 0) is 17.9 Å². The molecule has 2 amide bonds. The van der Waals surface area contributed by atoms with Crippen molar-refractivity contribution in [2.24, 2.45) is 0 Å². The summed E-state index contributed by atoms with van der Waals surface area (Å²) in [7, 11) is 0. The third-order valence-electron chi connectivity index (χ3n) is 5.34. The monoisotopic (exact) mass is 497 g/mol. The van der Waals surface area contributed by atoms with Gasteiger partial charge in [-0.15, -0.1) is 11.8 Å². The molecule has 0 fully saturated rings. The van der Waals surface area contributed by atoms with Gasteiger partial charge in [0.05, 0.1) is 5.75 Å². The Balaban J connectivity index is 1.36. The van der Waals surface area contributed by atoms with E-state index in [0.29, 0.717) is 13.1 Å². The average Bonchev–Trinajstić information content (AvgIpc) is 3.20. The van der Waals surface area contributed by atoms with E-state index >= 15 is 0 Å². The van der Waals surface area contributed by atoms with Gasteiger partial charge < -0.3 is 15.2 Å². The first-order chi connectivity index (χ1) is 16.9. The Hall–Kier alpha value is -3.72. The fraction of sp³-hybridized carbons (Fsp3) is 0.154. The minimum absolute atomic E-state index is 0.157. The van der Waals surface area contributed by atoms with Crippen LogP contribution in [0.15, 0.2) is 77.8 Å². The highest BCUT2D eigenvalue weighted by Crippen LogP contribution is 2.30. The second-order valence-corrected chi connectivity index (χ2v) is 8.77. The van der Waals surface area contributed by atoms with E-state index in [1.165, 1.54) is 30.0 Å².